The van der Waals surface area contributed by atoms with Crippen molar-refractivity contribution in [3.8, 4) is 0 Å². The number of amides is 1. The lowest BCUT2D eigenvalue weighted by Gasteiger charge is -2.45. The predicted octanol–water partition coefficient (Wildman–Crippen LogP) is 3.29. The van der Waals surface area contributed by atoms with E-state index in [-0.39, 0.29) is 12.5 Å². The molecule has 1 aliphatic carbocycles. The van der Waals surface area contributed by atoms with Crippen LogP contribution >= 0.6 is 0 Å². The first-order chi connectivity index (χ1) is 11.2. The van der Waals surface area contributed by atoms with Crippen LogP contribution in [0.5, 0.6) is 0 Å². The highest BCUT2D eigenvalue weighted by atomic mass is 16.6. The monoisotopic (exact) mass is 317 g/mol. The van der Waals surface area contributed by atoms with E-state index >= 15 is 0 Å². The zero-order chi connectivity index (χ0) is 16.2. The third-order valence-electron chi connectivity index (χ3n) is 5.14. The molecule has 1 saturated carbocycles. The van der Waals surface area contributed by atoms with Gasteiger partial charge in [-0.05, 0) is 30.2 Å². The number of carboxylic acid groups (broad SMARTS) is 1. The largest absolute Gasteiger partial charge is 0.480 e. The molecular formula is C18H23NO4. The molecule has 5 nitrogen and oxygen atoms in total. The standard InChI is InChI=1S/C18H23NO4/c20-17(21)16-15-9-5-4-8-14(15)10-11-19(16)18(22)23-12-13-6-2-1-3-7-13/h1-3,6-7,14-16H,4-5,8-12H2,(H,20,21)/t14-,15-,16?/m1/s1. The molecule has 1 aliphatic heterocycles. The minimum absolute atomic E-state index is 0.0688. The van der Waals surface area contributed by atoms with Crippen LogP contribution in [0.4, 0.5) is 4.79 Å². The van der Waals surface area contributed by atoms with E-state index in [4.69, 9.17) is 4.74 Å². The first-order valence-electron chi connectivity index (χ1n) is 8.37. The van der Waals surface area contributed by atoms with Crippen LogP contribution in [0.2, 0.25) is 0 Å². The van der Waals surface area contributed by atoms with Gasteiger partial charge in [0.2, 0.25) is 0 Å². The average molecular weight is 317 g/mol. The molecule has 1 aromatic carbocycles. The Hall–Kier alpha value is -2.04. The van der Waals surface area contributed by atoms with E-state index in [1.807, 2.05) is 30.3 Å². The van der Waals surface area contributed by atoms with E-state index in [1.165, 1.54) is 11.3 Å². The summed E-state index contributed by atoms with van der Waals surface area (Å²) in [5.74, 6) is -0.402. The smallest absolute Gasteiger partial charge is 0.410 e. The zero-order valence-electron chi connectivity index (χ0n) is 13.2. The Morgan fingerprint density at radius 2 is 1.87 bits per heavy atom. The van der Waals surface area contributed by atoms with E-state index < -0.39 is 18.1 Å². The zero-order valence-corrected chi connectivity index (χ0v) is 13.2. The lowest BCUT2D eigenvalue weighted by Crippen LogP contribution is -2.56. The van der Waals surface area contributed by atoms with Crippen molar-refractivity contribution in [3.63, 3.8) is 0 Å². The van der Waals surface area contributed by atoms with Crippen LogP contribution in [0.3, 0.4) is 0 Å². The maximum Gasteiger partial charge on any atom is 0.410 e. The van der Waals surface area contributed by atoms with Gasteiger partial charge in [-0.3, -0.25) is 4.90 Å². The molecule has 5 heteroatoms. The molecule has 3 rings (SSSR count). The van der Waals surface area contributed by atoms with Gasteiger partial charge < -0.3 is 9.84 Å². The summed E-state index contributed by atoms with van der Waals surface area (Å²) < 4.78 is 5.35. The summed E-state index contributed by atoms with van der Waals surface area (Å²) in [5, 5.41) is 9.63. The van der Waals surface area contributed by atoms with E-state index in [9.17, 15) is 14.7 Å². The van der Waals surface area contributed by atoms with Crippen molar-refractivity contribution in [2.45, 2.75) is 44.8 Å². The second kappa shape index (κ2) is 7.02. The van der Waals surface area contributed by atoms with Crippen LogP contribution in [-0.2, 0) is 16.1 Å². The van der Waals surface area contributed by atoms with E-state index in [0.29, 0.717) is 12.5 Å². The van der Waals surface area contributed by atoms with Crippen molar-refractivity contribution in [2.75, 3.05) is 6.54 Å². The second-order valence-corrected chi connectivity index (χ2v) is 6.51. The van der Waals surface area contributed by atoms with Crippen LogP contribution in [0, 0.1) is 11.8 Å². The van der Waals surface area contributed by atoms with Crippen LogP contribution in [0.1, 0.15) is 37.7 Å². The highest BCUT2D eigenvalue weighted by molar-refractivity contribution is 5.80. The Bertz CT molecular complexity index is 559. The molecule has 0 aromatic heterocycles. The Kier molecular flexibility index (Phi) is 4.84. The second-order valence-electron chi connectivity index (χ2n) is 6.51. The van der Waals surface area contributed by atoms with E-state index in [0.717, 1.165) is 31.2 Å². The van der Waals surface area contributed by atoms with E-state index in [1.54, 1.807) is 0 Å². The molecule has 0 radical (unpaired) electrons. The first-order valence-corrected chi connectivity index (χ1v) is 8.37. The highest BCUT2D eigenvalue weighted by Crippen LogP contribution is 2.40. The SMILES string of the molecule is O=C(O)C1[C@@H]2CCCC[C@@H]2CCN1C(=O)OCc1ccccc1. The summed E-state index contributed by atoms with van der Waals surface area (Å²) in [7, 11) is 0. The molecule has 1 saturated heterocycles. The quantitative estimate of drug-likeness (QED) is 0.929. The number of carbonyl (C=O) groups is 2. The summed E-state index contributed by atoms with van der Waals surface area (Å²) in [4.78, 5) is 25.6. The molecule has 1 aromatic rings. The summed E-state index contributed by atoms with van der Waals surface area (Å²) >= 11 is 0. The lowest BCUT2D eigenvalue weighted by molar-refractivity contribution is -0.148. The van der Waals surface area contributed by atoms with Gasteiger partial charge in [-0.1, -0.05) is 49.6 Å². The Labute approximate surface area is 136 Å². The van der Waals surface area contributed by atoms with Crippen molar-refractivity contribution in [1.29, 1.82) is 0 Å². The van der Waals surface area contributed by atoms with Crippen molar-refractivity contribution in [1.82, 2.24) is 4.90 Å². The number of hydrogen-bond acceptors (Lipinski definition) is 3. The fraction of sp³-hybridized carbons (Fsp3) is 0.556. The number of likely N-dealkylation sites (tertiary alicyclic amines) is 1. The van der Waals surface area contributed by atoms with Gasteiger partial charge in [-0.25, -0.2) is 9.59 Å². The van der Waals surface area contributed by atoms with Gasteiger partial charge in [0.15, 0.2) is 0 Å². The van der Waals surface area contributed by atoms with Gasteiger partial charge in [-0.2, -0.15) is 0 Å². The molecule has 23 heavy (non-hydrogen) atoms. The van der Waals surface area contributed by atoms with Gasteiger partial charge in [0.1, 0.15) is 12.6 Å². The third-order valence-corrected chi connectivity index (χ3v) is 5.14. The molecule has 1 amide bonds. The van der Waals surface area contributed by atoms with Crippen LogP contribution in [-0.4, -0.2) is 34.7 Å². The van der Waals surface area contributed by atoms with Crippen molar-refractivity contribution >= 4 is 12.1 Å². The number of piperidine rings is 1. The number of aliphatic carboxylic acids is 1. The number of nitrogens with zero attached hydrogens (tertiary/aromatic N) is 1. The Balaban J connectivity index is 1.67. The van der Waals surface area contributed by atoms with Crippen molar-refractivity contribution in [3.05, 3.63) is 35.9 Å². The van der Waals surface area contributed by atoms with Crippen molar-refractivity contribution in [2.24, 2.45) is 11.8 Å². The molecule has 0 spiro atoms. The maximum atomic E-state index is 12.4. The van der Waals surface area contributed by atoms with Crippen molar-refractivity contribution < 1.29 is 19.4 Å². The van der Waals surface area contributed by atoms with Gasteiger partial charge in [-0.15, -0.1) is 0 Å². The average Bonchev–Trinajstić information content (AvgIpc) is 2.59. The summed E-state index contributed by atoms with van der Waals surface area (Å²) in [6.45, 7) is 0.655. The summed E-state index contributed by atoms with van der Waals surface area (Å²) in [6.07, 6.45) is 4.58. The minimum atomic E-state index is -0.904. The third kappa shape index (κ3) is 3.49. The Morgan fingerprint density at radius 1 is 1.13 bits per heavy atom. The number of carbonyl (C=O) groups excluding carboxylic acids is 1. The molecular weight excluding hydrogens is 294 g/mol. The normalized spacial score (nSPS) is 27.1. The van der Waals surface area contributed by atoms with E-state index in [2.05, 4.69) is 0 Å². The molecule has 1 N–H and O–H groups in total. The fourth-order valence-corrected chi connectivity index (χ4v) is 4.01. The molecule has 3 atom stereocenters. The van der Waals surface area contributed by atoms with Gasteiger partial charge in [0.05, 0.1) is 0 Å². The first kappa shape index (κ1) is 15.8. The molecule has 2 fully saturated rings. The number of fused-ring (bicyclic) bond motifs is 1. The summed E-state index contributed by atoms with van der Waals surface area (Å²) in [6, 6.07) is 8.70. The van der Waals surface area contributed by atoms with Crippen LogP contribution in [0.15, 0.2) is 30.3 Å². The topological polar surface area (TPSA) is 66.8 Å². The molecule has 0 bridgehead atoms. The number of carboxylic acids is 1. The van der Waals surface area contributed by atoms with Gasteiger partial charge >= 0.3 is 12.1 Å². The number of benzene rings is 1. The Morgan fingerprint density at radius 3 is 2.61 bits per heavy atom. The fourth-order valence-electron chi connectivity index (χ4n) is 4.01. The van der Waals surface area contributed by atoms with Crippen LogP contribution in [0.25, 0.3) is 0 Å². The highest BCUT2D eigenvalue weighted by Gasteiger charge is 2.45. The van der Waals surface area contributed by atoms with Crippen LogP contribution < -0.4 is 0 Å². The lowest BCUT2D eigenvalue weighted by atomic mass is 9.71. The number of rotatable bonds is 3. The molecule has 1 unspecified atom stereocenters. The molecule has 124 valence electrons. The maximum absolute atomic E-state index is 12.4. The molecule has 1 heterocycles. The summed E-state index contributed by atoms with van der Waals surface area (Å²) in [5.41, 5.74) is 0.903. The minimum Gasteiger partial charge on any atom is -0.480 e. The van der Waals surface area contributed by atoms with Gasteiger partial charge in [0.25, 0.3) is 0 Å². The predicted molar refractivity (Wildman–Crippen MR) is 84.8 cm³/mol. The number of ether oxygens (including phenoxy) is 1. The number of hydrogen-bond donors (Lipinski definition) is 1. The molecule has 2 aliphatic rings. The van der Waals surface area contributed by atoms with Gasteiger partial charge in [0, 0.05) is 6.54 Å².